The third kappa shape index (κ3) is 2.38. The second-order valence-electron chi connectivity index (χ2n) is 4.56. The second-order valence-corrected chi connectivity index (χ2v) is 7.15. The lowest BCUT2D eigenvalue weighted by Gasteiger charge is -2.38. The van der Waals surface area contributed by atoms with E-state index in [2.05, 4.69) is 0 Å². The molecule has 0 saturated heterocycles. The van der Waals surface area contributed by atoms with E-state index in [1.807, 2.05) is 0 Å². The number of aliphatic carboxylic acids is 2. The first-order valence-electron chi connectivity index (χ1n) is 5.88. The first-order chi connectivity index (χ1) is 8.70. The lowest BCUT2D eigenvalue weighted by atomic mass is 9.82. The molecule has 7 heteroatoms. The van der Waals surface area contributed by atoms with Crippen LogP contribution in [0.15, 0.2) is 23.8 Å². The van der Waals surface area contributed by atoms with Crippen LogP contribution in [0.4, 0.5) is 0 Å². The van der Waals surface area contributed by atoms with Crippen LogP contribution in [0.25, 0.3) is 0 Å². The summed E-state index contributed by atoms with van der Waals surface area (Å²) < 4.78 is 12.4. The first kappa shape index (κ1) is 15.7. The average molecular weight is 288 g/mol. The Bertz CT molecular complexity index is 506. The van der Waals surface area contributed by atoms with Gasteiger partial charge in [-0.1, -0.05) is 32.1 Å². The van der Waals surface area contributed by atoms with Crippen molar-refractivity contribution < 1.29 is 29.3 Å². The summed E-state index contributed by atoms with van der Waals surface area (Å²) in [6, 6.07) is 0. The van der Waals surface area contributed by atoms with Gasteiger partial charge in [0.15, 0.2) is 5.16 Å². The SMILES string of the molecule is CCCP(=O)(O)C1(C(=O)O)C=CC=C(C(=O)O)C1C. The van der Waals surface area contributed by atoms with Gasteiger partial charge in [-0.3, -0.25) is 9.36 Å². The largest absolute Gasteiger partial charge is 0.480 e. The van der Waals surface area contributed by atoms with Crippen molar-refractivity contribution in [3.8, 4) is 0 Å². The molecule has 0 spiro atoms. The van der Waals surface area contributed by atoms with Crippen LogP contribution in [0.5, 0.6) is 0 Å². The molecule has 3 atom stereocenters. The number of carboxylic acids is 2. The van der Waals surface area contributed by atoms with Gasteiger partial charge >= 0.3 is 11.9 Å². The Balaban J connectivity index is 3.43. The Morgan fingerprint density at radius 3 is 2.42 bits per heavy atom. The molecule has 0 aromatic heterocycles. The highest BCUT2D eigenvalue weighted by Crippen LogP contribution is 2.61. The van der Waals surface area contributed by atoms with Gasteiger partial charge in [0.1, 0.15) is 0 Å². The van der Waals surface area contributed by atoms with E-state index >= 15 is 0 Å². The smallest absolute Gasteiger partial charge is 0.331 e. The zero-order valence-electron chi connectivity index (χ0n) is 10.7. The normalized spacial score (nSPS) is 29.4. The van der Waals surface area contributed by atoms with Gasteiger partial charge in [0, 0.05) is 17.7 Å². The number of rotatable bonds is 5. The van der Waals surface area contributed by atoms with Crippen molar-refractivity contribution >= 4 is 19.3 Å². The minimum atomic E-state index is -4.08. The maximum Gasteiger partial charge on any atom is 0.331 e. The molecule has 6 nitrogen and oxygen atoms in total. The highest BCUT2D eigenvalue weighted by Gasteiger charge is 2.57. The molecule has 1 aliphatic carbocycles. The van der Waals surface area contributed by atoms with Crippen molar-refractivity contribution in [3.05, 3.63) is 23.8 Å². The quantitative estimate of drug-likeness (QED) is 0.664. The molecule has 0 aromatic carbocycles. The van der Waals surface area contributed by atoms with E-state index in [9.17, 15) is 24.2 Å². The number of carbonyl (C=O) groups is 2. The van der Waals surface area contributed by atoms with Crippen LogP contribution < -0.4 is 0 Å². The van der Waals surface area contributed by atoms with Gasteiger partial charge in [-0.05, 0) is 6.42 Å². The van der Waals surface area contributed by atoms with Gasteiger partial charge in [0.25, 0.3) is 0 Å². The minimum absolute atomic E-state index is 0.166. The summed E-state index contributed by atoms with van der Waals surface area (Å²) >= 11 is 0. The molecule has 3 N–H and O–H groups in total. The molecule has 106 valence electrons. The summed E-state index contributed by atoms with van der Waals surface area (Å²) in [4.78, 5) is 32.8. The molecule has 3 unspecified atom stereocenters. The van der Waals surface area contributed by atoms with E-state index in [1.54, 1.807) is 6.92 Å². The maximum atomic E-state index is 12.4. The van der Waals surface area contributed by atoms with Crippen LogP contribution >= 0.6 is 7.37 Å². The summed E-state index contributed by atoms with van der Waals surface area (Å²) in [6.07, 6.45) is 3.81. The van der Waals surface area contributed by atoms with E-state index < -0.39 is 30.4 Å². The molecule has 0 amide bonds. The Morgan fingerprint density at radius 2 is 2.00 bits per heavy atom. The Labute approximate surface area is 110 Å². The highest BCUT2D eigenvalue weighted by atomic mass is 31.2. The molecule has 0 bridgehead atoms. The van der Waals surface area contributed by atoms with Gasteiger partial charge in [0.05, 0.1) is 0 Å². The zero-order valence-corrected chi connectivity index (χ0v) is 11.6. The number of hydrogen-bond donors (Lipinski definition) is 3. The van der Waals surface area contributed by atoms with Crippen molar-refractivity contribution in [3.63, 3.8) is 0 Å². The number of allylic oxidation sites excluding steroid dienone is 2. The molecule has 19 heavy (non-hydrogen) atoms. The first-order valence-corrected chi connectivity index (χ1v) is 7.73. The van der Waals surface area contributed by atoms with Crippen molar-refractivity contribution in [1.82, 2.24) is 0 Å². The van der Waals surface area contributed by atoms with Gasteiger partial charge in [0.2, 0.25) is 7.37 Å². The van der Waals surface area contributed by atoms with E-state index in [4.69, 9.17) is 5.11 Å². The Hall–Kier alpha value is -1.39. The third-order valence-corrected chi connectivity index (χ3v) is 6.38. The van der Waals surface area contributed by atoms with Crippen LogP contribution in [-0.4, -0.2) is 38.4 Å². The second kappa shape index (κ2) is 5.31. The molecule has 1 rings (SSSR count). The topological polar surface area (TPSA) is 112 Å². The average Bonchev–Trinajstić information content (AvgIpc) is 2.27. The van der Waals surface area contributed by atoms with Crippen molar-refractivity contribution in [2.75, 3.05) is 6.16 Å². The summed E-state index contributed by atoms with van der Waals surface area (Å²) in [5.41, 5.74) is -0.171. The van der Waals surface area contributed by atoms with Gasteiger partial charge in [-0.15, -0.1) is 0 Å². The van der Waals surface area contributed by atoms with E-state index in [0.717, 1.165) is 6.08 Å². The van der Waals surface area contributed by atoms with Crippen LogP contribution in [-0.2, 0) is 14.2 Å². The zero-order chi connectivity index (χ0) is 14.8. The van der Waals surface area contributed by atoms with Gasteiger partial charge in [-0.25, -0.2) is 4.79 Å². The monoisotopic (exact) mass is 288 g/mol. The van der Waals surface area contributed by atoms with Crippen LogP contribution in [0.1, 0.15) is 20.3 Å². The van der Waals surface area contributed by atoms with Crippen molar-refractivity contribution in [2.24, 2.45) is 5.92 Å². The van der Waals surface area contributed by atoms with Crippen LogP contribution in [0, 0.1) is 5.92 Å². The minimum Gasteiger partial charge on any atom is -0.480 e. The molecule has 0 heterocycles. The Morgan fingerprint density at radius 1 is 1.42 bits per heavy atom. The maximum absolute atomic E-state index is 12.4. The number of hydrogen-bond acceptors (Lipinski definition) is 3. The van der Waals surface area contributed by atoms with E-state index in [-0.39, 0.29) is 11.7 Å². The molecule has 0 saturated carbocycles. The van der Waals surface area contributed by atoms with Crippen LogP contribution in [0.2, 0.25) is 0 Å². The molecular weight excluding hydrogens is 271 g/mol. The molecule has 0 fully saturated rings. The summed E-state index contributed by atoms with van der Waals surface area (Å²) in [7, 11) is -4.08. The number of carboxylic acid groups (broad SMARTS) is 2. The third-order valence-electron chi connectivity index (χ3n) is 3.45. The summed E-state index contributed by atoms with van der Waals surface area (Å²) in [6.45, 7) is 3.03. The standard InChI is InChI=1S/C12H17O6P/c1-3-7-19(17,18)12(11(15)16)6-4-5-9(8(12)2)10(13)14/h4-6,8H,3,7H2,1-2H3,(H,13,14)(H,15,16)(H,17,18). The lowest BCUT2D eigenvalue weighted by molar-refractivity contribution is -0.140. The van der Waals surface area contributed by atoms with E-state index in [1.165, 1.54) is 19.1 Å². The van der Waals surface area contributed by atoms with Crippen molar-refractivity contribution in [2.45, 2.75) is 25.4 Å². The molecule has 0 radical (unpaired) electrons. The van der Waals surface area contributed by atoms with Crippen LogP contribution in [0.3, 0.4) is 0 Å². The van der Waals surface area contributed by atoms with Crippen molar-refractivity contribution in [1.29, 1.82) is 0 Å². The fourth-order valence-corrected chi connectivity index (χ4v) is 4.73. The molecular formula is C12H17O6P. The highest BCUT2D eigenvalue weighted by molar-refractivity contribution is 7.61. The molecule has 0 aliphatic heterocycles. The Kier molecular flexibility index (Phi) is 4.38. The summed E-state index contributed by atoms with van der Waals surface area (Å²) in [5.74, 6) is -3.82. The molecule has 1 aliphatic rings. The predicted molar refractivity (Wildman–Crippen MR) is 69.4 cm³/mol. The molecule has 0 aromatic rings. The van der Waals surface area contributed by atoms with E-state index in [0.29, 0.717) is 6.42 Å². The predicted octanol–water partition coefficient (Wildman–Crippen LogP) is 1.71. The van der Waals surface area contributed by atoms with Gasteiger partial charge in [-0.2, -0.15) is 0 Å². The summed E-state index contributed by atoms with van der Waals surface area (Å²) in [5, 5.41) is 16.4. The van der Waals surface area contributed by atoms with Gasteiger partial charge < -0.3 is 15.1 Å². The lowest BCUT2D eigenvalue weighted by Crippen LogP contribution is -2.46. The fraction of sp³-hybridized carbons (Fsp3) is 0.500. The fourth-order valence-electron chi connectivity index (χ4n) is 2.39.